The van der Waals surface area contributed by atoms with Gasteiger partial charge >= 0.3 is 12.0 Å². The lowest BCUT2D eigenvalue weighted by molar-refractivity contribution is -0.141. The van der Waals surface area contributed by atoms with Crippen molar-refractivity contribution in [1.82, 2.24) is 10.3 Å². The van der Waals surface area contributed by atoms with Gasteiger partial charge in [0.1, 0.15) is 6.54 Å². The number of aromatic nitrogens is 1. The van der Waals surface area contributed by atoms with E-state index in [1.54, 1.807) is 18.5 Å². The van der Waals surface area contributed by atoms with Crippen LogP contribution in [-0.2, 0) is 9.53 Å². The van der Waals surface area contributed by atoms with Gasteiger partial charge in [0.2, 0.25) is 0 Å². The highest BCUT2D eigenvalue weighted by atomic mass is 32.1. The molecule has 1 aromatic heterocycles. The molecule has 1 heterocycles. The van der Waals surface area contributed by atoms with Crippen molar-refractivity contribution in [2.24, 2.45) is 0 Å². The van der Waals surface area contributed by atoms with Crippen molar-refractivity contribution < 1.29 is 14.3 Å². The summed E-state index contributed by atoms with van der Waals surface area (Å²) >= 11 is 1.30. The van der Waals surface area contributed by atoms with Crippen molar-refractivity contribution in [3.8, 4) is 0 Å². The zero-order valence-corrected chi connectivity index (χ0v) is 8.97. The van der Waals surface area contributed by atoms with Crippen molar-refractivity contribution in [2.75, 3.05) is 18.5 Å². The van der Waals surface area contributed by atoms with Gasteiger partial charge in [0.15, 0.2) is 5.13 Å². The number of rotatable bonds is 4. The third-order valence-corrected chi connectivity index (χ3v) is 2.04. The van der Waals surface area contributed by atoms with E-state index >= 15 is 0 Å². The predicted molar refractivity (Wildman–Crippen MR) is 55.8 cm³/mol. The van der Waals surface area contributed by atoms with Crippen molar-refractivity contribution >= 4 is 28.5 Å². The summed E-state index contributed by atoms with van der Waals surface area (Å²) in [6.07, 6.45) is 1.58. The first-order chi connectivity index (χ1) is 7.22. The molecule has 0 radical (unpaired) electrons. The average molecular weight is 229 g/mol. The molecule has 15 heavy (non-hydrogen) atoms. The van der Waals surface area contributed by atoms with Crippen LogP contribution in [0.4, 0.5) is 9.93 Å². The van der Waals surface area contributed by atoms with Gasteiger partial charge in [-0.3, -0.25) is 10.1 Å². The van der Waals surface area contributed by atoms with E-state index < -0.39 is 12.0 Å². The van der Waals surface area contributed by atoms with E-state index in [1.165, 1.54) is 11.3 Å². The fraction of sp³-hybridized carbons (Fsp3) is 0.375. The SMILES string of the molecule is CCOC(=O)CNC(=O)Nc1nccs1. The van der Waals surface area contributed by atoms with Crippen molar-refractivity contribution in [1.29, 1.82) is 0 Å². The van der Waals surface area contributed by atoms with Crippen LogP contribution in [-0.4, -0.2) is 30.1 Å². The van der Waals surface area contributed by atoms with E-state index in [0.29, 0.717) is 11.7 Å². The van der Waals surface area contributed by atoms with Gasteiger partial charge in [-0.15, -0.1) is 11.3 Å². The second-order valence-corrected chi connectivity index (χ2v) is 3.34. The van der Waals surface area contributed by atoms with Crippen molar-refractivity contribution in [3.05, 3.63) is 11.6 Å². The summed E-state index contributed by atoms with van der Waals surface area (Å²) in [5, 5.41) is 7.04. The Hall–Kier alpha value is -1.63. The fourth-order valence-corrected chi connectivity index (χ4v) is 1.31. The number of carbonyl (C=O) groups is 2. The van der Waals surface area contributed by atoms with Crippen LogP contribution in [0.5, 0.6) is 0 Å². The topological polar surface area (TPSA) is 80.3 Å². The fourth-order valence-electron chi connectivity index (χ4n) is 0.791. The Kier molecular flexibility index (Phi) is 4.55. The number of esters is 1. The minimum absolute atomic E-state index is 0.148. The van der Waals surface area contributed by atoms with Gasteiger partial charge in [-0.2, -0.15) is 0 Å². The van der Waals surface area contributed by atoms with E-state index in [-0.39, 0.29) is 6.54 Å². The number of ether oxygens (including phenoxy) is 1. The first-order valence-corrected chi connectivity index (χ1v) is 5.20. The molecule has 1 rings (SSSR count). The molecule has 0 aliphatic heterocycles. The van der Waals surface area contributed by atoms with Crippen LogP contribution in [0.3, 0.4) is 0 Å². The molecule has 0 aliphatic carbocycles. The Bertz CT molecular complexity index is 326. The highest BCUT2D eigenvalue weighted by molar-refractivity contribution is 7.13. The maximum absolute atomic E-state index is 11.2. The molecule has 0 aliphatic rings. The molecule has 7 heteroatoms. The first-order valence-electron chi connectivity index (χ1n) is 4.32. The maximum atomic E-state index is 11.2. The van der Waals surface area contributed by atoms with Gasteiger partial charge in [-0.05, 0) is 6.92 Å². The van der Waals surface area contributed by atoms with Crippen LogP contribution < -0.4 is 10.6 Å². The number of thiazole rings is 1. The van der Waals surface area contributed by atoms with E-state index in [1.807, 2.05) is 0 Å². The second kappa shape index (κ2) is 5.97. The Morgan fingerprint density at radius 1 is 1.60 bits per heavy atom. The van der Waals surface area contributed by atoms with Crippen LogP contribution >= 0.6 is 11.3 Å². The molecule has 0 aromatic carbocycles. The largest absolute Gasteiger partial charge is 0.465 e. The second-order valence-electron chi connectivity index (χ2n) is 2.45. The quantitative estimate of drug-likeness (QED) is 0.749. The van der Waals surface area contributed by atoms with E-state index in [4.69, 9.17) is 0 Å². The van der Waals surface area contributed by atoms with Crippen LogP contribution in [0, 0.1) is 0 Å². The number of nitrogens with one attached hydrogen (secondary N) is 2. The van der Waals surface area contributed by atoms with Gasteiger partial charge in [0, 0.05) is 11.6 Å². The summed E-state index contributed by atoms with van der Waals surface area (Å²) in [6.45, 7) is 1.85. The summed E-state index contributed by atoms with van der Waals surface area (Å²) in [6, 6.07) is -0.474. The van der Waals surface area contributed by atoms with Gasteiger partial charge in [0.05, 0.1) is 6.61 Å². The minimum atomic E-state index is -0.474. The van der Waals surface area contributed by atoms with Crippen molar-refractivity contribution in [3.63, 3.8) is 0 Å². The van der Waals surface area contributed by atoms with Crippen molar-refractivity contribution in [2.45, 2.75) is 6.92 Å². The molecule has 2 N–H and O–H groups in total. The maximum Gasteiger partial charge on any atom is 0.325 e. The monoisotopic (exact) mass is 229 g/mol. The molecule has 0 saturated heterocycles. The van der Waals surface area contributed by atoms with Gasteiger partial charge < -0.3 is 10.1 Å². The molecule has 0 saturated carbocycles. The average Bonchev–Trinajstić information content (AvgIpc) is 2.68. The highest BCUT2D eigenvalue weighted by Crippen LogP contribution is 2.09. The molecule has 1 aromatic rings. The Morgan fingerprint density at radius 2 is 2.40 bits per heavy atom. The normalized spacial score (nSPS) is 9.40. The predicted octanol–water partition coefficient (Wildman–Crippen LogP) is 0.828. The van der Waals surface area contributed by atoms with Crippen LogP contribution in [0.15, 0.2) is 11.6 Å². The first kappa shape index (κ1) is 11.4. The zero-order valence-electron chi connectivity index (χ0n) is 8.15. The molecule has 0 unspecified atom stereocenters. The Labute approximate surface area is 90.7 Å². The molecule has 2 amide bonds. The molecular weight excluding hydrogens is 218 g/mol. The Balaban J connectivity index is 2.22. The lowest BCUT2D eigenvalue weighted by Crippen LogP contribution is -2.34. The van der Waals surface area contributed by atoms with Gasteiger partial charge in [-0.25, -0.2) is 9.78 Å². The number of urea groups is 1. The van der Waals surface area contributed by atoms with Gasteiger partial charge in [0.25, 0.3) is 0 Å². The van der Waals surface area contributed by atoms with Crippen LogP contribution in [0.2, 0.25) is 0 Å². The standard InChI is InChI=1S/C8H11N3O3S/c1-2-14-6(12)5-10-7(13)11-8-9-3-4-15-8/h3-4H,2,5H2,1H3,(H2,9,10,11,13). The van der Waals surface area contributed by atoms with E-state index in [2.05, 4.69) is 20.4 Å². The summed E-state index contributed by atoms with van der Waals surface area (Å²) in [5.74, 6) is -0.466. The summed E-state index contributed by atoms with van der Waals surface area (Å²) in [7, 11) is 0. The van der Waals surface area contributed by atoms with E-state index in [9.17, 15) is 9.59 Å². The smallest absolute Gasteiger partial charge is 0.325 e. The molecule has 0 bridgehead atoms. The summed E-state index contributed by atoms with van der Waals surface area (Å²) in [4.78, 5) is 25.9. The third-order valence-electron chi connectivity index (χ3n) is 1.35. The number of hydrogen-bond donors (Lipinski definition) is 2. The molecule has 0 atom stereocenters. The number of anilines is 1. The Morgan fingerprint density at radius 3 is 3.00 bits per heavy atom. The number of hydrogen-bond acceptors (Lipinski definition) is 5. The number of carbonyl (C=O) groups excluding carboxylic acids is 2. The van der Waals surface area contributed by atoms with Crippen LogP contribution in [0.1, 0.15) is 6.92 Å². The minimum Gasteiger partial charge on any atom is -0.465 e. The van der Waals surface area contributed by atoms with Gasteiger partial charge in [-0.1, -0.05) is 0 Å². The third kappa shape index (κ3) is 4.41. The summed E-state index contributed by atoms with van der Waals surface area (Å²) < 4.78 is 4.63. The summed E-state index contributed by atoms with van der Waals surface area (Å²) in [5.41, 5.74) is 0. The molecule has 0 spiro atoms. The molecular formula is C8H11N3O3S. The zero-order chi connectivity index (χ0) is 11.1. The molecule has 6 nitrogen and oxygen atoms in total. The van der Waals surface area contributed by atoms with E-state index in [0.717, 1.165) is 0 Å². The lowest BCUT2D eigenvalue weighted by atomic mass is 10.6. The number of nitrogens with zero attached hydrogens (tertiary/aromatic N) is 1. The molecule has 82 valence electrons. The highest BCUT2D eigenvalue weighted by Gasteiger charge is 2.06. The molecule has 0 fully saturated rings. The van der Waals surface area contributed by atoms with Crippen LogP contribution in [0.25, 0.3) is 0 Å². The number of amides is 2. The lowest BCUT2D eigenvalue weighted by Gasteiger charge is -2.04.